The molecule has 0 saturated carbocycles. The van der Waals surface area contributed by atoms with Crippen molar-refractivity contribution in [2.24, 2.45) is 0 Å². The van der Waals surface area contributed by atoms with Crippen LogP contribution in [0.15, 0.2) is 41.0 Å². The molecule has 0 unspecified atom stereocenters. The number of Topliss-reactive ketones (excluding diaryl/α,β-unsaturated/α-hetero) is 1. The Labute approximate surface area is 125 Å². The van der Waals surface area contributed by atoms with E-state index in [4.69, 9.17) is 9.47 Å². The van der Waals surface area contributed by atoms with Crippen molar-refractivity contribution >= 4 is 21.7 Å². The Balaban J connectivity index is 2.32. The zero-order valence-corrected chi connectivity index (χ0v) is 12.8. The number of benzene rings is 1. The molecule has 0 aliphatic rings. The maximum absolute atomic E-state index is 11.7. The summed E-state index contributed by atoms with van der Waals surface area (Å²) >= 11 is 3.25. The molecule has 0 radical (unpaired) electrons. The monoisotopic (exact) mass is 335 g/mol. The first kappa shape index (κ1) is 14.5. The molecule has 20 heavy (non-hydrogen) atoms. The highest BCUT2D eigenvalue weighted by Gasteiger charge is 2.17. The lowest BCUT2D eigenvalue weighted by Crippen LogP contribution is -2.06. The molecule has 2 aromatic rings. The third-order valence-corrected chi connectivity index (χ3v) is 3.09. The summed E-state index contributed by atoms with van der Waals surface area (Å²) in [6, 6.07) is 11.4. The number of carbonyl (C=O) groups excluding carboxylic acids is 1. The Morgan fingerprint density at radius 1 is 1.30 bits per heavy atom. The predicted molar refractivity (Wildman–Crippen MR) is 79.3 cm³/mol. The number of methoxy groups -OCH3 is 1. The minimum Gasteiger partial charge on any atom is -0.493 e. The summed E-state index contributed by atoms with van der Waals surface area (Å²) in [5.74, 6) is 0.674. The molecule has 0 atom stereocenters. The molecule has 0 amide bonds. The fraction of sp³-hybridized carbons (Fsp3) is 0.200. The molecule has 0 saturated heterocycles. The number of nitrogens with zero attached hydrogens (tertiary/aromatic N) is 1. The highest BCUT2D eigenvalue weighted by molar-refractivity contribution is 9.10. The first-order valence-corrected chi connectivity index (χ1v) is 6.83. The second-order valence-corrected chi connectivity index (χ2v) is 4.97. The van der Waals surface area contributed by atoms with E-state index < -0.39 is 0 Å². The van der Waals surface area contributed by atoms with Gasteiger partial charge in [-0.2, -0.15) is 0 Å². The van der Waals surface area contributed by atoms with Gasteiger partial charge in [-0.3, -0.25) is 4.79 Å². The summed E-state index contributed by atoms with van der Waals surface area (Å²) in [7, 11) is 1.53. The quantitative estimate of drug-likeness (QED) is 0.618. The molecule has 5 heteroatoms. The van der Waals surface area contributed by atoms with Gasteiger partial charge in [-0.25, -0.2) is 4.98 Å². The van der Waals surface area contributed by atoms with Gasteiger partial charge < -0.3 is 9.47 Å². The summed E-state index contributed by atoms with van der Waals surface area (Å²) in [6.45, 7) is 1.80. The Bertz CT molecular complexity index is 614. The maximum atomic E-state index is 11.7. The SMILES string of the molecule is COc1cc(Br)nc(C(C)=O)c1OCc1ccccc1. The molecule has 0 spiro atoms. The Kier molecular flexibility index (Phi) is 4.74. The third-order valence-electron chi connectivity index (χ3n) is 2.69. The average molecular weight is 336 g/mol. The second kappa shape index (κ2) is 6.52. The fourth-order valence-electron chi connectivity index (χ4n) is 1.74. The van der Waals surface area contributed by atoms with Crippen molar-refractivity contribution < 1.29 is 14.3 Å². The topological polar surface area (TPSA) is 48.4 Å². The number of halogens is 1. The minimum atomic E-state index is -0.173. The lowest BCUT2D eigenvalue weighted by Gasteiger charge is -2.13. The van der Waals surface area contributed by atoms with E-state index in [2.05, 4.69) is 20.9 Å². The molecule has 0 N–H and O–H groups in total. The van der Waals surface area contributed by atoms with Crippen molar-refractivity contribution in [1.29, 1.82) is 0 Å². The first-order chi connectivity index (χ1) is 9.61. The van der Waals surface area contributed by atoms with Gasteiger partial charge in [0.25, 0.3) is 0 Å². The van der Waals surface area contributed by atoms with Crippen LogP contribution >= 0.6 is 15.9 Å². The smallest absolute Gasteiger partial charge is 0.191 e. The van der Waals surface area contributed by atoms with E-state index in [-0.39, 0.29) is 11.5 Å². The largest absolute Gasteiger partial charge is 0.493 e. The predicted octanol–water partition coefficient (Wildman–Crippen LogP) is 3.63. The molecule has 0 aliphatic heterocycles. The van der Waals surface area contributed by atoms with Crippen molar-refractivity contribution in [2.45, 2.75) is 13.5 Å². The minimum absolute atomic E-state index is 0.173. The molecule has 1 aromatic carbocycles. The second-order valence-electron chi connectivity index (χ2n) is 4.16. The highest BCUT2D eigenvalue weighted by atomic mass is 79.9. The van der Waals surface area contributed by atoms with Gasteiger partial charge in [-0.15, -0.1) is 0 Å². The van der Waals surface area contributed by atoms with E-state index in [9.17, 15) is 4.79 Å². The van der Waals surface area contributed by atoms with Crippen LogP contribution < -0.4 is 9.47 Å². The summed E-state index contributed by atoms with van der Waals surface area (Å²) in [4.78, 5) is 15.8. The van der Waals surface area contributed by atoms with Gasteiger partial charge in [-0.05, 0) is 21.5 Å². The number of rotatable bonds is 5. The van der Waals surface area contributed by atoms with E-state index in [0.717, 1.165) is 5.56 Å². The third kappa shape index (κ3) is 3.36. The zero-order valence-electron chi connectivity index (χ0n) is 11.2. The number of ether oxygens (including phenoxy) is 2. The van der Waals surface area contributed by atoms with Crippen LogP contribution in [0.2, 0.25) is 0 Å². The molecule has 0 aliphatic carbocycles. The van der Waals surface area contributed by atoms with Crippen molar-refractivity contribution in [3.63, 3.8) is 0 Å². The molecule has 4 nitrogen and oxygen atoms in total. The van der Waals surface area contributed by atoms with Crippen molar-refractivity contribution in [3.05, 3.63) is 52.3 Å². The Morgan fingerprint density at radius 2 is 2.00 bits per heavy atom. The molecular weight excluding hydrogens is 322 g/mol. The maximum Gasteiger partial charge on any atom is 0.191 e. The molecular formula is C15H14BrNO3. The summed E-state index contributed by atoms with van der Waals surface area (Å²) in [5, 5.41) is 0. The van der Waals surface area contributed by atoms with Crippen LogP contribution in [0.4, 0.5) is 0 Å². The summed E-state index contributed by atoms with van der Waals surface area (Å²) in [5.41, 5.74) is 1.26. The molecule has 2 rings (SSSR count). The number of hydrogen-bond donors (Lipinski definition) is 0. The van der Waals surface area contributed by atoms with Gasteiger partial charge in [0.1, 0.15) is 11.2 Å². The lowest BCUT2D eigenvalue weighted by molar-refractivity contribution is 0.100. The van der Waals surface area contributed by atoms with Crippen LogP contribution in [0, 0.1) is 0 Å². The van der Waals surface area contributed by atoms with E-state index in [1.807, 2.05) is 30.3 Å². The van der Waals surface area contributed by atoms with E-state index >= 15 is 0 Å². The number of pyridine rings is 1. The summed E-state index contributed by atoms with van der Waals surface area (Å²) < 4.78 is 11.5. The van der Waals surface area contributed by atoms with Crippen molar-refractivity contribution in [3.8, 4) is 11.5 Å². The zero-order chi connectivity index (χ0) is 14.5. The van der Waals surface area contributed by atoms with E-state index in [1.54, 1.807) is 6.07 Å². The van der Waals surface area contributed by atoms with Gasteiger partial charge in [0.2, 0.25) is 0 Å². The number of carbonyl (C=O) groups is 1. The lowest BCUT2D eigenvalue weighted by atomic mass is 10.2. The normalized spacial score (nSPS) is 10.2. The Morgan fingerprint density at radius 3 is 2.60 bits per heavy atom. The molecule has 104 valence electrons. The van der Waals surface area contributed by atoms with Gasteiger partial charge in [-0.1, -0.05) is 30.3 Å². The Hall–Kier alpha value is -1.88. The molecule has 1 heterocycles. The molecule has 1 aromatic heterocycles. The average Bonchev–Trinajstić information content (AvgIpc) is 2.46. The molecule has 0 fully saturated rings. The van der Waals surface area contributed by atoms with Crippen LogP contribution in [0.25, 0.3) is 0 Å². The van der Waals surface area contributed by atoms with Crippen LogP contribution in [0.3, 0.4) is 0 Å². The fourth-order valence-corrected chi connectivity index (χ4v) is 2.12. The highest BCUT2D eigenvalue weighted by Crippen LogP contribution is 2.33. The number of ketones is 1. The van der Waals surface area contributed by atoms with Crippen molar-refractivity contribution in [2.75, 3.05) is 7.11 Å². The van der Waals surface area contributed by atoms with E-state index in [0.29, 0.717) is 22.7 Å². The number of hydrogen-bond acceptors (Lipinski definition) is 4. The first-order valence-electron chi connectivity index (χ1n) is 6.04. The van der Waals surface area contributed by atoms with Gasteiger partial charge in [0.15, 0.2) is 23.0 Å². The van der Waals surface area contributed by atoms with E-state index in [1.165, 1.54) is 14.0 Å². The number of aromatic nitrogens is 1. The van der Waals surface area contributed by atoms with Crippen LogP contribution in [-0.4, -0.2) is 17.9 Å². The van der Waals surface area contributed by atoms with Crippen LogP contribution in [0.1, 0.15) is 23.0 Å². The van der Waals surface area contributed by atoms with Gasteiger partial charge in [0, 0.05) is 13.0 Å². The van der Waals surface area contributed by atoms with Crippen LogP contribution in [0.5, 0.6) is 11.5 Å². The molecule has 0 bridgehead atoms. The van der Waals surface area contributed by atoms with Gasteiger partial charge in [0.05, 0.1) is 7.11 Å². The standard InChI is InChI=1S/C15H14BrNO3/c1-10(18)14-15(12(19-2)8-13(16)17-14)20-9-11-6-4-3-5-7-11/h3-8H,9H2,1-2H3. The van der Waals surface area contributed by atoms with Crippen molar-refractivity contribution in [1.82, 2.24) is 4.98 Å². The van der Waals surface area contributed by atoms with Gasteiger partial charge >= 0.3 is 0 Å². The summed E-state index contributed by atoms with van der Waals surface area (Å²) in [6.07, 6.45) is 0. The van der Waals surface area contributed by atoms with Crippen LogP contribution in [-0.2, 0) is 6.61 Å².